The molecule has 0 aliphatic carbocycles. The molecule has 0 spiro atoms. The van der Waals surface area contributed by atoms with Gasteiger partial charge in [-0.3, -0.25) is 4.79 Å². The summed E-state index contributed by atoms with van der Waals surface area (Å²) in [4.78, 5) is 12.0. The summed E-state index contributed by atoms with van der Waals surface area (Å²) in [6, 6.07) is 9.04. The Bertz CT molecular complexity index is 848. The van der Waals surface area contributed by atoms with Crippen molar-refractivity contribution in [3.63, 3.8) is 0 Å². The minimum Gasteiger partial charge on any atom is -0.497 e. The van der Waals surface area contributed by atoms with E-state index >= 15 is 0 Å². The second kappa shape index (κ2) is 8.81. The van der Waals surface area contributed by atoms with Crippen molar-refractivity contribution in [1.82, 2.24) is 9.46 Å². The molecular weight excluding hydrogens is 358 g/mol. The fourth-order valence-electron chi connectivity index (χ4n) is 2.38. The number of sulfonamides is 1. The maximum atomic E-state index is 12.0. The number of aromatic nitrogens is 1. The first-order valence-corrected chi connectivity index (χ1v) is 9.94. The van der Waals surface area contributed by atoms with Crippen LogP contribution in [0, 0.1) is 6.92 Å². The number of hydrogen-bond acceptors (Lipinski definition) is 6. The zero-order chi connectivity index (χ0) is 19.2. The fourth-order valence-corrected chi connectivity index (χ4v) is 3.23. The quantitative estimate of drug-likeness (QED) is 0.711. The lowest BCUT2D eigenvalue weighted by Crippen LogP contribution is -2.34. The number of ether oxygens (including phenoxy) is 1. The van der Waals surface area contributed by atoms with Crippen molar-refractivity contribution in [2.24, 2.45) is 0 Å². The van der Waals surface area contributed by atoms with E-state index in [0.29, 0.717) is 18.0 Å². The van der Waals surface area contributed by atoms with E-state index in [9.17, 15) is 13.2 Å². The molecule has 0 saturated heterocycles. The SMILES string of the molecule is COc1cccc(CCN(CCC(=O)Nc2cc(C)on2)S(C)(=O)=O)c1. The topological polar surface area (TPSA) is 102 Å². The molecule has 0 aliphatic heterocycles. The van der Waals surface area contributed by atoms with Crippen molar-refractivity contribution < 1.29 is 22.5 Å². The van der Waals surface area contributed by atoms with Crippen LogP contribution < -0.4 is 10.1 Å². The van der Waals surface area contributed by atoms with Crippen LogP contribution in [-0.4, -0.2) is 50.2 Å². The normalized spacial score (nSPS) is 11.5. The van der Waals surface area contributed by atoms with Gasteiger partial charge in [-0.1, -0.05) is 17.3 Å². The van der Waals surface area contributed by atoms with E-state index in [1.807, 2.05) is 24.3 Å². The first kappa shape index (κ1) is 19.9. The summed E-state index contributed by atoms with van der Waals surface area (Å²) in [5.41, 5.74) is 0.959. The second-order valence-electron chi connectivity index (χ2n) is 5.88. The van der Waals surface area contributed by atoms with Crippen LogP contribution in [0.25, 0.3) is 0 Å². The van der Waals surface area contributed by atoms with Crippen LogP contribution in [0.5, 0.6) is 5.75 Å². The molecule has 26 heavy (non-hydrogen) atoms. The molecule has 1 amide bonds. The number of hydrogen-bond donors (Lipinski definition) is 1. The van der Waals surface area contributed by atoms with E-state index in [-0.39, 0.29) is 25.4 Å². The molecule has 2 rings (SSSR count). The maximum absolute atomic E-state index is 12.0. The summed E-state index contributed by atoms with van der Waals surface area (Å²) < 4.78 is 35.3. The Balaban J connectivity index is 1.91. The molecule has 0 bridgehead atoms. The van der Waals surface area contributed by atoms with Crippen LogP contribution >= 0.6 is 0 Å². The number of nitrogens with zero attached hydrogens (tertiary/aromatic N) is 2. The van der Waals surface area contributed by atoms with Gasteiger partial charge in [0.1, 0.15) is 11.5 Å². The van der Waals surface area contributed by atoms with E-state index < -0.39 is 10.0 Å². The smallest absolute Gasteiger partial charge is 0.226 e. The summed E-state index contributed by atoms with van der Waals surface area (Å²) in [5, 5.41) is 6.25. The standard InChI is InChI=1S/C17H23N3O5S/c1-13-11-16(19-25-13)18-17(21)8-10-20(26(3,22)23)9-7-14-5-4-6-15(12-14)24-2/h4-6,11-12H,7-10H2,1-3H3,(H,18,19,21). The number of rotatable bonds is 9. The van der Waals surface area contributed by atoms with Crippen molar-refractivity contribution in [3.8, 4) is 5.75 Å². The number of benzene rings is 1. The Morgan fingerprint density at radius 3 is 2.69 bits per heavy atom. The Labute approximate surface area is 153 Å². The molecule has 0 aliphatic rings. The van der Waals surface area contributed by atoms with Gasteiger partial charge in [0.25, 0.3) is 0 Å². The monoisotopic (exact) mass is 381 g/mol. The molecule has 0 saturated carbocycles. The van der Waals surface area contributed by atoms with Crippen molar-refractivity contribution in [2.45, 2.75) is 19.8 Å². The van der Waals surface area contributed by atoms with E-state index in [4.69, 9.17) is 9.26 Å². The second-order valence-corrected chi connectivity index (χ2v) is 7.87. The van der Waals surface area contributed by atoms with Gasteiger partial charge in [0.2, 0.25) is 15.9 Å². The van der Waals surface area contributed by atoms with Crippen LogP contribution in [-0.2, 0) is 21.2 Å². The number of carbonyl (C=O) groups is 1. The van der Waals surface area contributed by atoms with Crippen LogP contribution in [0.15, 0.2) is 34.9 Å². The number of anilines is 1. The average molecular weight is 381 g/mol. The van der Waals surface area contributed by atoms with Gasteiger partial charge in [-0.2, -0.15) is 0 Å². The van der Waals surface area contributed by atoms with Crippen LogP contribution in [0.2, 0.25) is 0 Å². The van der Waals surface area contributed by atoms with Crippen molar-refractivity contribution in [3.05, 3.63) is 41.7 Å². The summed E-state index contributed by atoms with van der Waals surface area (Å²) in [5.74, 6) is 1.29. The zero-order valence-electron chi connectivity index (χ0n) is 15.1. The Morgan fingerprint density at radius 2 is 2.08 bits per heavy atom. The predicted molar refractivity (Wildman–Crippen MR) is 97.6 cm³/mol. The fraction of sp³-hybridized carbons (Fsp3) is 0.412. The van der Waals surface area contributed by atoms with Crippen LogP contribution in [0.3, 0.4) is 0 Å². The Kier molecular flexibility index (Phi) is 6.76. The summed E-state index contributed by atoms with van der Waals surface area (Å²) >= 11 is 0. The number of carbonyl (C=O) groups excluding carboxylic acids is 1. The van der Waals surface area contributed by atoms with Crippen LogP contribution in [0.4, 0.5) is 5.82 Å². The van der Waals surface area contributed by atoms with Gasteiger partial charge in [0.15, 0.2) is 5.82 Å². The predicted octanol–water partition coefficient (Wildman–Crippen LogP) is 1.82. The lowest BCUT2D eigenvalue weighted by atomic mass is 10.1. The summed E-state index contributed by atoms with van der Waals surface area (Å²) in [7, 11) is -1.85. The minimum atomic E-state index is -3.43. The van der Waals surface area contributed by atoms with E-state index in [0.717, 1.165) is 17.6 Å². The number of aryl methyl sites for hydroxylation is 1. The van der Waals surface area contributed by atoms with Gasteiger partial charge in [-0.25, -0.2) is 12.7 Å². The number of methoxy groups -OCH3 is 1. The lowest BCUT2D eigenvalue weighted by molar-refractivity contribution is -0.116. The van der Waals surface area contributed by atoms with Crippen molar-refractivity contribution >= 4 is 21.7 Å². The van der Waals surface area contributed by atoms with E-state index in [1.54, 1.807) is 20.1 Å². The highest BCUT2D eigenvalue weighted by atomic mass is 32.2. The van der Waals surface area contributed by atoms with Crippen molar-refractivity contribution in [1.29, 1.82) is 0 Å². The molecule has 0 atom stereocenters. The molecule has 142 valence electrons. The maximum Gasteiger partial charge on any atom is 0.226 e. The molecule has 1 aromatic carbocycles. The third kappa shape index (κ3) is 6.16. The third-order valence-corrected chi connectivity index (χ3v) is 5.04. The highest BCUT2D eigenvalue weighted by molar-refractivity contribution is 7.88. The van der Waals surface area contributed by atoms with Gasteiger partial charge < -0.3 is 14.6 Å². The molecule has 0 fully saturated rings. The van der Waals surface area contributed by atoms with Gasteiger partial charge in [-0.15, -0.1) is 0 Å². The van der Waals surface area contributed by atoms with Gasteiger partial charge >= 0.3 is 0 Å². The first-order chi connectivity index (χ1) is 12.3. The third-order valence-electron chi connectivity index (χ3n) is 3.74. The first-order valence-electron chi connectivity index (χ1n) is 8.09. The Morgan fingerprint density at radius 1 is 1.31 bits per heavy atom. The molecular formula is C17H23N3O5S. The molecule has 1 aromatic heterocycles. The number of nitrogens with one attached hydrogen (secondary N) is 1. The molecule has 0 unspecified atom stereocenters. The summed E-state index contributed by atoms with van der Waals surface area (Å²) in [6.45, 7) is 2.08. The largest absolute Gasteiger partial charge is 0.497 e. The van der Waals surface area contributed by atoms with Gasteiger partial charge in [0, 0.05) is 25.6 Å². The molecule has 9 heteroatoms. The van der Waals surface area contributed by atoms with E-state index in [1.165, 1.54) is 4.31 Å². The van der Waals surface area contributed by atoms with Crippen LogP contribution in [0.1, 0.15) is 17.7 Å². The minimum absolute atomic E-state index is 0.0249. The lowest BCUT2D eigenvalue weighted by Gasteiger charge is -2.19. The average Bonchev–Trinajstić information content (AvgIpc) is 2.98. The van der Waals surface area contributed by atoms with E-state index in [2.05, 4.69) is 10.5 Å². The summed E-state index contributed by atoms with van der Waals surface area (Å²) in [6.07, 6.45) is 1.68. The molecule has 0 radical (unpaired) electrons. The zero-order valence-corrected chi connectivity index (χ0v) is 15.9. The highest BCUT2D eigenvalue weighted by Crippen LogP contribution is 2.14. The number of amides is 1. The molecule has 1 N–H and O–H groups in total. The van der Waals surface area contributed by atoms with Gasteiger partial charge in [-0.05, 0) is 31.0 Å². The van der Waals surface area contributed by atoms with Gasteiger partial charge in [0.05, 0.1) is 13.4 Å². The molecule has 2 aromatic rings. The molecule has 8 nitrogen and oxygen atoms in total. The molecule has 1 heterocycles. The Hall–Kier alpha value is -2.39. The van der Waals surface area contributed by atoms with Crippen molar-refractivity contribution in [2.75, 3.05) is 31.8 Å². The highest BCUT2D eigenvalue weighted by Gasteiger charge is 2.18.